The molecular weight excluding hydrogens is 451 g/mol. The standard InChI is InChI=1S/C20H18F3N3O3S2/c21-20(22,23)14-4-3-5-15(12-14)31(28,29)26-10-8-13(9-11-26)18(27)25-19-24-16-6-1-2-7-17(16)30-19/h1-7,12-13H,8-11H2,(H,24,25,27). The van der Waals surface area contributed by atoms with Crippen LogP contribution < -0.4 is 5.32 Å². The first-order chi connectivity index (χ1) is 14.6. The number of hydrogen-bond donors (Lipinski definition) is 1. The number of thiazole rings is 1. The zero-order chi connectivity index (χ0) is 22.2. The van der Waals surface area contributed by atoms with Gasteiger partial charge in [0.2, 0.25) is 15.9 Å². The van der Waals surface area contributed by atoms with Gasteiger partial charge in [-0.2, -0.15) is 17.5 Å². The Kier molecular flexibility index (Phi) is 5.75. The third kappa shape index (κ3) is 4.58. The molecule has 0 radical (unpaired) electrons. The number of piperidine rings is 1. The number of sulfonamides is 1. The normalized spacial score (nSPS) is 16.5. The van der Waals surface area contributed by atoms with E-state index in [9.17, 15) is 26.4 Å². The van der Waals surface area contributed by atoms with Crippen molar-refractivity contribution < 1.29 is 26.4 Å². The van der Waals surface area contributed by atoms with Gasteiger partial charge in [-0.15, -0.1) is 0 Å². The van der Waals surface area contributed by atoms with Gasteiger partial charge in [-0.3, -0.25) is 4.79 Å². The summed E-state index contributed by atoms with van der Waals surface area (Å²) in [5.41, 5.74) is -0.233. The number of aromatic nitrogens is 1. The highest BCUT2D eigenvalue weighted by molar-refractivity contribution is 7.89. The number of fused-ring (bicyclic) bond motifs is 1. The van der Waals surface area contributed by atoms with E-state index in [-0.39, 0.29) is 31.8 Å². The summed E-state index contributed by atoms with van der Waals surface area (Å²) in [6.45, 7) is 0.104. The second-order valence-electron chi connectivity index (χ2n) is 7.18. The second-order valence-corrected chi connectivity index (χ2v) is 10.1. The number of anilines is 1. The highest BCUT2D eigenvalue weighted by atomic mass is 32.2. The van der Waals surface area contributed by atoms with Gasteiger partial charge < -0.3 is 5.32 Å². The van der Waals surface area contributed by atoms with Crippen LogP contribution in [0.2, 0.25) is 0 Å². The van der Waals surface area contributed by atoms with E-state index in [1.165, 1.54) is 11.3 Å². The predicted octanol–water partition coefficient (Wildman–Crippen LogP) is 4.35. The van der Waals surface area contributed by atoms with Gasteiger partial charge >= 0.3 is 6.18 Å². The SMILES string of the molecule is O=C(Nc1nc2ccccc2s1)C1CCN(S(=O)(=O)c2cccc(C(F)(F)F)c2)CC1. The molecule has 164 valence electrons. The Hall–Kier alpha value is -2.50. The fourth-order valence-corrected chi connectivity index (χ4v) is 5.86. The Balaban J connectivity index is 1.41. The summed E-state index contributed by atoms with van der Waals surface area (Å²) in [7, 11) is -4.08. The van der Waals surface area contributed by atoms with Crippen LogP contribution >= 0.6 is 11.3 Å². The molecule has 1 N–H and O–H groups in total. The molecule has 0 spiro atoms. The zero-order valence-corrected chi connectivity index (χ0v) is 17.7. The Morgan fingerprint density at radius 2 is 1.81 bits per heavy atom. The molecule has 0 unspecified atom stereocenters. The third-order valence-electron chi connectivity index (χ3n) is 5.15. The number of amides is 1. The van der Waals surface area contributed by atoms with E-state index in [0.29, 0.717) is 11.2 Å². The van der Waals surface area contributed by atoms with Gasteiger partial charge in [0.1, 0.15) is 0 Å². The minimum atomic E-state index is -4.63. The van der Waals surface area contributed by atoms with E-state index >= 15 is 0 Å². The molecule has 1 saturated heterocycles. The summed E-state index contributed by atoms with van der Waals surface area (Å²) in [4.78, 5) is 16.5. The molecule has 0 bridgehead atoms. The van der Waals surface area contributed by atoms with Crippen molar-refractivity contribution in [3.8, 4) is 0 Å². The highest BCUT2D eigenvalue weighted by Gasteiger charge is 2.35. The molecule has 1 amide bonds. The lowest BCUT2D eigenvalue weighted by molar-refractivity contribution is -0.137. The van der Waals surface area contributed by atoms with E-state index in [0.717, 1.165) is 32.7 Å². The molecule has 31 heavy (non-hydrogen) atoms. The van der Waals surface area contributed by atoms with Gasteiger partial charge in [0.15, 0.2) is 5.13 Å². The molecule has 4 rings (SSSR count). The van der Waals surface area contributed by atoms with Crippen molar-refractivity contribution in [3.63, 3.8) is 0 Å². The molecule has 6 nitrogen and oxygen atoms in total. The fourth-order valence-electron chi connectivity index (χ4n) is 3.47. The summed E-state index contributed by atoms with van der Waals surface area (Å²) in [6, 6.07) is 11.2. The molecular formula is C20H18F3N3O3S2. The maximum absolute atomic E-state index is 12.9. The minimum absolute atomic E-state index is 0.0521. The lowest BCUT2D eigenvalue weighted by atomic mass is 9.97. The van der Waals surface area contributed by atoms with Gasteiger partial charge in [-0.05, 0) is 43.2 Å². The van der Waals surface area contributed by atoms with Crippen molar-refractivity contribution in [2.24, 2.45) is 5.92 Å². The van der Waals surface area contributed by atoms with Gasteiger partial charge in [0.25, 0.3) is 0 Å². The Morgan fingerprint density at radius 3 is 2.48 bits per heavy atom. The molecule has 0 saturated carbocycles. The molecule has 1 aliphatic rings. The van der Waals surface area contributed by atoms with Crippen molar-refractivity contribution in [2.75, 3.05) is 18.4 Å². The first-order valence-corrected chi connectivity index (χ1v) is 11.7. The molecule has 0 aliphatic carbocycles. The fraction of sp³-hybridized carbons (Fsp3) is 0.300. The van der Waals surface area contributed by atoms with Crippen LogP contribution in [0.1, 0.15) is 18.4 Å². The Labute approximate surface area is 180 Å². The first kappa shape index (κ1) is 21.7. The van der Waals surface area contributed by atoms with Crippen LogP contribution in [0.3, 0.4) is 0 Å². The largest absolute Gasteiger partial charge is 0.416 e. The van der Waals surface area contributed by atoms with Crippen LogP contribution in [-0.4, -0.2) is 36.7 Å². The molecule has 3 aromatic rings. The number of alkyl halides is 3. The zero-order valence-electron chi connectivity index (χ0n) is 16.1. The van der Waals surface area contributed by atoms with Crippen molar-refractivity contribution in [3.05, 3.63) is 54.1 Å². The van der Waals surface area contributed by atoms with Crippen LogP contribution in [-0.2, 0) is 21.0 Å². The lowest BCUT2D eigenvalue weighted by Crippen LogP contribution is -2.41. The monoisotopic (exact) mass is 469 g/mol. The van der Waals surface area contributed by atoms with Gasteiger partial charge in [-0.1, -0.05) is 29.5 Å². The molecule has 2 aromatic carbocycles. The van der Waals surface area contributed by atoms with E-state index in [1.807, 2.05) is 24.3 Å². The maximum atomic E-state index is 12.9. The Bertz CT molecular complexity index is 1180. The number of carbonyl (C=O) groups is 1. The molecule has 1 fully saturated rings. The third-order valence-corrected chi connectivity index (χ3v) is 7.99. The molecule has 0 atom stereocenters. The van der Waals surface area contributed by atoms with Gasteiger partial charge in [-0.25, -0.2) is 13.4 Å². The summed E-state index contributed by atoms with van der Waals surface area (Å²) < 4.78 is 66.4. The molecule has 1 aliphatic heterocycles. The quantitative estimate of drug-likeness (QED) is 0.616. The van der Waals surface area contributed by atoms with Crippen LogP contribution in [0.15, 0.2) is 53.4 Å². The van der Waals surface area contributed by atoms with E-state index < -0.39 is 32.6 Å². The summed E-state index contributed by atoms with van der Waals surface area (Å²) >= 11 is 1.35. The summed E-state index contributed by atoms with van der Waals surface area (Å²) in [5, 5.41) is 3.26. The van der Waals surface area contributed by atoms with Gasteiger partial charge in [0.05, 0.1) is 20.7 Å². The highest BCUT2D eigenvalue weighted by Crippen LogP contribution is 2.32. The number of nitrogens with one attached hydrogen (secondary N) is 1. The van der Waals surface area contributed by atoms with Crippen molar-refractivity contribution >= 4 is 42.6 Å². The smallest absolute Gasteiger partial charge is 0.302 e. The second kappa shape index (κ2) is 8.21. The van der Waals surface area contributed by atoms with Crippen LogP contribution in [0.4, 0.5) is 18.3 Å². The van der Waals surface area contributed by atoms with Crippen molar-refractivity contribution in [2.45, 2.75) is 23.9 Å². The van der Waals surface area contributed by atoms with E-state index in [2.05, 4.69) is 10.3 Å². The van der Waals surface area contributed by atoms with E-state index in [4.69, 9.17) is 0 Å². The van der Waals surface area contributed by atoms with Gasteiger partial charge in [0, 0.05) is 19.0 Å². The number of halogens is 3. The minimum Gasteiger partial charge on any atom is -0.302 e. The molecule has 1 aromatic heterocycles. The molecule has 11 heteroatoms. The topological polar surface area (TPSA) is 79.4 Å². The number of rotatable bonds is 4. The van der Waals surface area contributed by atoms with E-state index in [1.54, 1.807) is 0 Å². The van der Waals surface area contributed by atoms with Crippen molar-refractivity contribution in [1.82, 2.24) is 9.29 Å². The van der Waals surface area contributed by atoms with Crippen LogP contribution in [0.5, 0.6) is 0 Å². The number of carbonyl (C=O) groups excluding carboxylic acids is 1. The number of hydrogen-bond acceptors (Lipinski definition) is 5. The first-order valence-electron chi connectivity index (χ1n) is 9.48. The van der Waals surface area contributed by atoms with Crippen LogP contribution in [0.25, 0.3) is 10.2 Å². The molecule has 2 heterocycles. The summed E-state index contributed by atoms with van der Waals surface area (Å²) in [6.07, 6.45) is -4.08. The average Bonchev–Trinajstić information content (AvgIpc) is 3.15. The maximum Gasteiger partial charge on any atom is 0.416 e. The van der Waals surface area contributed by atoms with Crippen molar-refractivity contribution in [1.29, 1.82) is 0 Å². The Morgan fingerprint density at radius 1 is 1.10 bits per heavy atom. The number of para-hydroxylation sites is 1. The summed E-state index contributed by atoms with van der Waals surface area (Å²) in [5.74, 6) is -0.643. The average molecular weight is 470 g/mol. The number of benzene rings is 2. The predicted molar refractivity (Wildman–Crippen MR) is 111 cm³/mol. The lowest BCUT2D eigenvalue weighted by Gasteiger charge is -2.30. The number of nitrogens with zero attached hydrogens (tertiary/aromatic N) is 2. The van der Waals surface area contributed by atoms with Crippen LogP contribution in [0, 0.1) is 5.92 Å².